The third-order valence-corrected chi connectivity index (χ3v) is 17.9. The monoisotopic (exact) mass is 855 g/mol. The van der Waals surface area contributed by atoms with Crippen LogP contribution in [0.15, 0.2) is 101 Å². The van der Waals surface area contributed by atoms with Crippen LogP contribution in [-0.2, 0) is 32.5 Å². The third-order valence-electron chi connectivity index (χ3n) is 17.9. The summed E-state index contributed by atoms with van der Waals surface area (Å²) in [6, 6.07) is 38.7. The molecule has 3 heterocycles. The number of hydrogen-bond donors (Lipinski definition) is 0. The minimum Gasteiger partial charge on any atom is -0.455 e. The average molecular weight is 855 g/mol. The molecular formula is C61H67BN2O. The van der Waals surface area contributed by atoms with E-state index in [1.54, 1.807) is 0 Å². The van der Waals surface area contributed by atoms with E-state index in [0.717, 1.165) is 11.2 Å². The molecule has 1 aromatic heterocycles. The van der Waals surface area contributed by atoms with Crippen molar-refractivity contribution in [1.29, 1.82) is 0 Å². The molecule has 0 saturated carbocycles. The molecule has 0 amide bonds. The lowest BCUT2D eigenvalue weighted by Crippen LogP contribution is -2.62. The minimum absolute atomic E-state index is 0.0434. The molecule has 3 nitrogen and oxygen atoms in total. The summed E-state index contributed by atoms with van der Waals surface area (Å²) in [5.74, 6) is 0. The van der Waals surface area contributed by atoms with Gasteiger partial charge < -0.3 is 14.1 Å². The van der Waals surface area contributed by atoms with E-state index in [1.807, 2.05) is 0 Å². The van der Waals surface area contributed by atoms with Gasteiger partial charge in [0, 0.05) is 44.8 Å². The van der Waals surface area contributed by atoms with Gasteiger partial charge in [-0.3, -0.25) is 0 Å². The Kier molecular flexibility index (Phi) is 8.26. The van der Waals surface area contributed by atoms with Crippen molar-refractivity contribution in [2.24, 2.45) is 0 Å². The number of anilines is 5. The molecule has 12 rings (SSSR count). The van der Waals surface area contributed by atoms with E-state index in [0.29, 0.717) is 0 Å². The molecule has 0 atom stereocenters. The molecule has 330 valence electrons. The second-order valence-electron chi connectivity index (χ2n) is 25.0. The normalized spacial score (nSPS) is 21.0. The zero-order chi connectivity index (χ0) is 45.5. The predicted octanol–water partition coefficient (Wildman–Crippen LogP) is 15.6. The summed E-state index contributed by atoms with van der Waals surface area (Å²) >= 11 is 0. The maximum Gasteiger partial charge on any atom is 0.333 e. The summed E-state index contributed by atoms with van der Waals surface area (Å²) in [6.45, 7) is 31.8. The molecule has 6 aromatic carbocycles. The highest BCUT2D eigenvalue weighted by molar-refractivity contribution is 6.93. The van der Waals surface area contributed by atoms with Gasteiger partial charge in [0.2, 0.25) is 0 Å². The van der Waals surface area contributed by atoms with Crippen molar-refractivity contribution in [2.75, 3.05) is 9.71 Å². The molecule has 65 heavy (non-hydrogen) atoms. The highest BCUT2D eigenvalue weighted by Gasteiger charge is 2.49. The summed E-state index contributed by atoms with van der Waals surface area (Å²) in [6.07, 6.45) is 7.09. The molecule has 4 heteroatoms. The fourth-order valence-electron chi connectivity index (χ4n) is 13.4. The van der Waals surface area contributed by atoms with Crippen LogP contribution >= 0.6 is 0 Å². The van der Waals surface area contributed by atoms with Crippen LogP contribution in [0.3, 0.4) is 0 Å². The number of fused-ring (bicyclic) bond motifs is 11. The number of hydrogen-bond acceptors (Lipinski definition) is 3. The quantitative estimate of drug-likeness (QED) is 0.162. The second-order valence-corrected chi connectivity index (χ2v) is 25.0. The zero-order valence-electron chi connectivity index (χ0n) is 41.4. The molecule has 0 N–H and O–H groups in total. The number of aryl methyl sites for hydroxylation is 1. The first-order valence-corrected chi connectivity index (χ1v) is 24.8. The van der Waals surface area contributed by atoms with Gasteiger partial charge in [0.05, 0.1) is 0 Å². The second kappa shape index (κ2) is 13.0. The number of para-hydroxylation sites is 1. The molecule has 0 bridgehead atoms. The van der Waals surface area contributed by atoms with E-state index in [2.05, 4.69) is 197 Å². The molecule has 0 fully saturated rings. The molecule has 0 spiro atoms. The Balaban J connectivity index is 1.22. The Labute approximate surface area is 388 Å². The van der Waals surface area contributed by atoms with Gasteiger partial charge in [-0.05, 0) is 188 Å². The Hall–Kier alpha value is -5.22. The van der Waals surface area contributed by atoms with Gasteiger partial charge in [-0.2, -0.15) is 0 Å². The summed E-state index contributed by atoms with van der Waals surface area (Å²) in [5.41, 5.74) is 24.2. The standard InChI is InChI=1S/C61H67BN2O/c1-36-30-41-53-49(23-20-40-39-16-14-15-17-52(39)65-55(40)53)64(38-19-22-43-45(33-38)59(8,9)27-25-57(43,4)5)62-48-34-46-47(61(12,13)29-28-60(46,10)11)35-50(48)63(51(31-36)54(41)62)37-18-21-42-44(32-37)58(6,7)26-24-56(42,2)3/h14-23,30-35H,24-29H2,1-13H3. The lowest BCUT2D eigenvalue weighted by atomic mass is 9.42. The van der Waals surface area contributed by atoms with Gasteiger partial charge in [-0.15, -0.1) is 0 Å². The van der Waals surface area contributed by atoms with Crippen LogP contribution in [0.5, 0.6) is 0 Å². The van der Waals surface area contributed by atoms with Gasteiger partial charge in [-0.1, -0.05) is 126 Å². The predicted molar refractivity (Wildman–Crippen MR) is 278 cm³/mol. The number of furan rings is 1. The Morgan fingerprint density at radius 1 is 0.462 bits per heavy atom. The van der Waals surface area contributed by atoms with E-state index in [9.17, 15) is 0 Å². The summed E-state index contributed by atoms with van der Waals surface area (Å²) < 4.78 is 7.08. The molecule has 0 saturated heterocycles. The topological polar surface area (TPSA) is 19.6 Å². The van der Waals surface area contributed by atoms with Gasteiger partial charge in [0.1, 0.15) is 11.2 Å². The average Bonchev–Trinajstić information content (AvgIpc) is 3.64. The zero-order valence-corrected chi connectivity index (χ0v) is 41.4. The molecule has 0 unspecified atom stereocenters. The van der Waals surface area contributed by atoms with Gasteiger partial charge >= 0.3 is 6.85 Å². The number of benzene rings is 6. The molecule has 0 radical (unpaired) electrons. The number of rotatable bonds is 2. The SMILES string of the molecule is Cc1cc2c3c(c1)N(c1ccc4c(c1)C(C)(C)CCC4(C)C)c1cc4c(cc1B3N(c1ccc3c(c1)C(C)(C)CCC3(C)C)c1ccc3c(oc5ccccc53)c1-2)C(C)(C)CCC4(C)C. The summed E-state index contributed by atoms with van der Waals surface area (Å²) in [4.78, 5) is 5.43. The lowest BCUT2D eigenvalue weighted by molar-refractivity contribution is 0.332. The van der Waals surface area contributed by atoms with E-state index in [4.69, 9.17) is 4.42 Å². The van der Waals surface area contributed by atoms with Gasteiger partial charge in [0.25, 0.3) is 0 Å². The molecular weight excluding hydrogens is 787 g/mol. The molecule has 5 aliphatic rings. The Morgan fingerprint density at radius 3 is 1.60 bits per heavy atom. The largest absolute Gasteiger partial charge is 0.455 e. The third kappa shape index (κ3) is 5.74. The smallest absolute Gasteiger partial charge is 0.333 e. The fourth-order valence-corrected chi connectivity index (χ4v) is 13.4. The van der Waals surface area contributed by atoms with Crippen molar-refractivity contribution in [1.82, 2.24) is 0 Å². The molecule has 2 aliphatic heterocycles. The first kappa shape index (κ1) is 41.2. The van der Waals surface area contributed by atoms with Crippen LogP contribution in [0.2, 0.25) is 0 Å². The maximum absolute atomic E-state index is 7.08. The van der Waals surface area contributed by atoms with Crippen molar-refractivity contribution in [3.8, 4) is 11.1 Å². The van der Waals surface area contributed by atoms with Crippen molar-refractivity contribution in [3.05, 3.63) is 136 Å². The molecule has 7 aromatic rings. The highest BCUT2D eigenvalue weighted by Crippen LogP contribution is 2.56. The van der Waals surface area contributed by atoms with E-state index < -0.39 is 0 Å². The first-order chi connectivity index (χ1) is 30.6. The van der Waals surface area contributed by atoms with Crippen LogP contribution in [0.25, 0.3) is 33.1 Å². The van der Waals surface area contributed by atoms with Crippen LogP contribution < -0.4 is 20.6 Å². The van der Waals surface area contributed by atoms with Crippen molar-refractivity contribution in [3.63, 3.8) is 0 Å². The molecule has 3 aliphatic carbocycles. The van der Waals surface area contributed by atoms with E-state index in [-0.39, 0.29) is 39.3 Å². The van der Waals surface area contributed by atoms with Crippen molar-refractivity contribution >= 4 is 68.1 Å². The minimum atomic E-state index is -0.0712. The van der Waals surface area contributed by atoms with Gasteiger partial charge in [0.15, 0.2) is 0 Å². The highest BCUT2D eigenvalue weighted by atomic mass is 16.3. The van der Waals surface area contributed by atoms with Crippen molar-refractivity contribution in [2.45, 2.75) is 161 Å². The lowest BCUT2D eigenvalue weighted by Gasteiger charge is -2.49. The van der Waals surface area contributed by atoms with Crippen LogP contribution in [0.4, 0.5) is 28.4 Å². The van der Waals surface area contributed by atoms with E-state index in [1.165, 1.54) is 139 Å². The van der Waals surface area contributed by atoms with Crippen molar-refractivity contribution < 1.29 is 4.42 Å². The Morgan fingerprint density at radius 2 is 0.985 bits per heavy atom. The summed E-state index contributed by atoms with van der Waals surface area (Å²) in [5, 5.41) is 2.34. The Bertz CT molecular complexity index is 3210. The van der Waals surface area contributed by atoms with Crippen LogP contribution in [0, 0.1) is 6.92 Å². The van der Waals surface area contributed by atoms with Gasteiger partial charge in [-0.25, -0.2) is 0 Å². The van der Waals surface area contributed by atoms with Crippen LogP contribution in [-0.4, -0.2) is 6.85 Å². The first-order valence-electron chi connectivity index (χ1n) is 24.8. The maximum atomic E-state index is 7.08. The van der Waals surface area contributed by atoms with E-state index >= 15 is 0 Å². The fraction of sp³-hybridized carbons (Fsp3) is 0.410. The number of nitrogens with zero attached hydrogens (tertiary/aromatic N) is 2. The van der Waals surface area contributed by atoms with Crippen LogP contribution in [0.1, 0.15) is 161 Å². The summed E-state index contributed by atoms with van der Waals surface area (Å²) in [7, 11) is 0.